The van der Waals surface area contributed by atoms with Gasteiger partial charge in [0.05, 0.1) is 0 Å². The SMILES string of the molecule is C=C(C)CC(CBr)CC(C)C. The highest BCUT2D eigenvalue weighted by Crippen LogP contribution is 2.20. The molecule has 0 bridgehead atoms. The molecule has 66 valence electrons. The summed E-state index contributed by atoms with van der Waals surface area (Å²) in [5, 5.41) is 1.11. The molecule has 0 spiro atoms. The van der Waals surface area contributed by atoms with Crippen LogP contribution >= 0.6 is 15.9 Å². The van der Waals surface area contributed by atoms with Gasteiger partial charge in [-0.2, -0.15) is 0 Å². The van der Waals surface area contributed by atoms with Crippen LogP contribution in [0.4, 0.5) is 0 Å². The van der Waals surface area contributed by atoms with Crippen molar-refractivity contribution in [3.63, 3.8) is 0 Å². The quantitative estimate of drug-likeness (QED) is 0.484. The largest absolute Gasteiger partial charge is 0.100 e. The van der Waals surface area contributed by atoms with Crippen molar-refractivity contribution in [2.24, 2.45) is 11.8 Å². The highest BCUT2D eigenvalue weighted by atomic mass is 79.9. The lowest BCUT2D eigenvalue weighted by Crippen LogP contribution is -2.06. The number of halogens is 1. The third-order valence-corrected chi connectivity index (χ3v) is 2.58. The maximum absolute atomic E-state index is 3.93. The monoisotopic (exact) mass is 218 g/mol. The summed E-state index contributed by atoms with van der Waals surface area (Å²) in [6.45, 7) is 10.6. The first kappa shape index (κ1) is 11.2. The van der Waals surface area contributed by atoms with E-state index >= 15 is 0 Å². The van der Waals surface area contributed by atoms with Crippen molar-refractivity contribution >= 4 is 15.9 Å². The molecule has 0 saturated heterocycles. The van der Waals surface area contributed by atoms with Crippen LogP contribution in [-0.2, 0) is 0 Å². The molecule has 0 aliphatic carbocycles. The molecule has 0 N–H and O–H groups in total. The second kappa shape index (κ2) is 5.82. The molecule has 1 unspecified atom stereocenters. The Balaban J connectivity index is 3.66. The molecule has 0 aromatic heterocycles. The van der Waals surface area contributed by atoms with E-state index in [1.165, 1.54) is 18.4 Å². The number of rotatable bonds is 5. The van der Waals surface area contributed by atoms with Crippen LogP contribution in [0.25, 0.3) is 0 Å². The van der Waals surface area contributed by atoms with E-state index in [9.17, 15) is 0 Å². The van der Waals surface area contributed by atoms with Gasteiger partial charge in [0.1, 0.15) is 0 Å². The predicted octanol–water partition coefficient (Wildman–Crippen LogP) is 4.01. The highest BCUT2D eigenvalue weighted by molar-refractivity contribution is 9.09. The summed E-state index contributed by atoms with van der Waals surface area (Å²) in [6.07, 6.45) is 2.47. The van der Waals surface area contributed by atoms with Crippen LogP contribution < -0.4 is 0 Å². The van der Waals surface area contributed by atoms with E-state index in [0.717, 1.165) is 17.2 Å². The molecule has 0 aliphatic heterocycles. The smallest absolute Gasteiger partial charge is 0.00628 e. The first-order valence-corrected chi connectivity index (χ1v) is 5.38. The van der Waals surface area contributed by atoms with E-state index in [1.807, 2.05) is 0 Å². The average molecular weight is 219 g/mol. The Bertz CT molecular complexity index is 116. The van der Waals surface area contributed by atoms with Crippen molar-refractivity contribution in [3.05, 3.63) is 12.2 Å². The Labute approximate surface area is 79.2 Å². The summed E-state index contributed by atoms with van der Waals surface area (Å²) < 4.78 is 0. The van der Waals surface area contributed by atoms with Crippen molar-refractivity contribution in [3.8, 4) is 0 Å². The van der Waals surface area contributed by atoms with Crippen molar-refractivity contribution in [1.82, 2.24) is 0 Å². The zero-order chi connectivity index (χ0) is 8.85. The fourth-order valence-electron chi connectivity index (χ4n) is 1.36. The van der Waals surface area contributed by atoms with E-state index in [-0.39, 0.29) is 0 Å². The van der Waals surface area contributed by atoms with Crippen molar-refractivity contribution in [2.45, 2.75) is 33.6 Å². The molecular weight excluding hydrogens is 200 g/mol. The predicted molar refractivity (Wildman–Crippen MR) is 56.2 cm³/mol. The van der Waals surface area contributed by atoms with Gasteiger partial charge in [0.25, 0.3) is 0 Å². The maximum atomic E-state index is 3.93. The first-order valence-electron chi connectivity index (χ1n) is 4.26. The first-order chi connectivity index (χ1) is 5.06. The van der Waals surface area contributed by atoms with Gasteiger partial charge in [0.15, 0.2) is 0 Å². The normalized spacial score (nSPS) is 13.5. The number of allylic oxidation sites excluding steroid dienone is 1. The Morgan fingerprint density at radius 1 is 1.45 bits per heavy atom. The molecule has 1 atom stereocenters. The number of hydrogen-bond acceptors (Lipinski definition) is 0. The van der Waals surface area contributed by atoms with Gasteiger partial charge in [-0.05, 0) is 31.6 Å². The Kier molecular flexibility index (Phi) is 5.93. The minimum atomic E-state index is 0.785. The van der Waals surface area contributed by atoms with Crippen LogP contribution in [0, 0.1) is 11.8 Å². The number of hydrogen-bond donors (Lipinski definition) is 0. The Morgan fingerprint density at radius 3 is 2.27 bits per heavy atom. The molecule has 0 heterocycles. The van der Waals surface area contributed by atoms with E-state index in [0.29, 0.717) is 0 Å². The molecule has 0 radical (unpaired) electrons. The summed E-state index contributed by atoms with van der Waals surface area (Å²) in [6, 6.07) is 0. The third kappa shape index (κ3) is 6.61. The van der Waals surface area contributed by atoms with Gasteiger partial charge in [0.2, 0.25) is 0 Å². The molecule has 0 saturated carbocycles. The zero-order valence-electron chi connectivity index (χ0n) is 7.86. The van der Waals surface area contributed by atoms with Gasteiger partial charge < -0.3 is 0 Å². The summed E-state index contributed by atoms with van der Waals surface area (Å²) in [4.78, 5) is 0. The number of alkyl halides is 1. The summed E-state index contributed by atoms with van der Waals surface area (Å²) >= 11 is 3.53. The van der Waals surface area contributed by atoms with Gasteiger partial charge in [-0.15, -0.1) is 6.58 Å². The molecule has 0 nitrogen and oxygen atoms in total. The van der Waals surface area contributed by atoms with Crippen LogP contribution in [-0.4, -0.2) is 5.33 Å². The van der Waals surface area contributed by atoms with E-state index < -0.39 is 0 Å². The van der Waals surface area contributed by atoms with Gasteiger partial charge in [-0.25, -0.2) is 0 Å². The maximum Gasteiger partial charge on any atom is 0.00628 e. The molecular formula is C10H19Br. The van der Waals surface area contributed by atoms with E-state index in [4.69, 9.17) is 0 Å². The average Bonchev–Trinajstić information content (AvgIpc) is 1.84. The van der Waals surface area contributed by atoms with Crippen LogP contribution in [0.2, 0.25) is 0 Å². The lowest BCUT2D eigenvalue weighted by atomic mass is 9.93. The van der Waals surface area contributed by atoms with Crippen LogP contribution in [0.1, 0.15) is 33.6 Å². The topological polar surface area (TPSA) is 0 Å². The molecule has 0 fully saturated rings. The van der Waals surface area contributed by atoms with Crippen LogP contribution in [0.5, 0.6) is 0 Å². The second-order valence-electron chi connectivity index (χ2n) is 3.81. The van der Waals surface area contributed by atoms with Crippen molar-refractivity contribution < 1.29 is 0 Å². The summed E-state index contributed by atoms with van der Waals surface area (Å²) in [5.74, 6) is 1.59. The standard InChI is InChI=1S/C10H19Br/c1-8(2)5-10(7-11)6-9(3)4/h9-10H,1,5-7H2,2-4H3. The van der Waals surface area contributed by atoms with Gasteiger partial charge in [-0.3, -0.25) is 0 Å². The minimum absolute atomic E-state index is 0.785. The van der Waals surface area contributed by atoms with Crippen LogP contribution in [0.15, 0.2) is 12.2 Å². The molecule has 0 aromatic rings. The van der Waals surface area contributed by atoms with Gasteiger partial charge >= 0.3 is 0 Å². The summed E-state index contributed by atoms with van der Waals surface area (Å²) in [5.41, 5.74) is 1.30. The van der Waals surface area contributed by atoms with Gasteiger partial charge in [0, 0.05) is 5.33 Å². The molecule has 0 amide bonds. The Morgan fingerprint density at radius 2 is 2.00 bits per heavy atom. The van der Waals surface area contributed by atoms with Gasteiger partial charge in [-0.1, -0.05) is 35.4 Å². The van der Waals surface area contributed by atoms with Crippen molar-refractivity contribution in [2.75, 3.05) is 5.33 Å². The molecule has 0 rings (SSSR count). The Hall–Kier alpha value is 0.220. The minimum Gasteiger partial charge on any atom is -0.100 e. The van der Waals surface area contributed by atoms with E-state index in [2.05, 4.69) is 43.3 Å². The third-order valence-electron chi connectivity index (χ3n) is 1.66. The molecule has 11 heavy (non-hydrogen) atoms. The van der Waals surface area contributed by atoms with Crippen LogP contribution in [0.3, 0.4) is 0 Å². The summed E-state index contributed by atoms with van der Waals surface area (Å²) in [7, 11) is 0. The van der Waals surface area contributed by atoms with E-state index in [1.54, 1.807) is 0 Å². The molecule has 0 aliphatic rings. The zero-order valence-corrected chi connectivity index (χ0v) is 9.45. The van der Waals surface area contributed by atoms with Crippen molar-refractivity contribution in [1.29, 1.82) is 0 Å². The lowest BCUT2D eigenvalue weighted by Gasteiger charge is -2.15. The lowest BCUT2D eigenvalue weighted by molar-refractivity contribution is 0.444. The fourth-order valence-corrected chi connectivity index (χ4v) is 1.85. The molecule has 1 heteroatoms. The highest BCUT2D eigenvalue weighted by Gasteiger charge is 2.08. The molecule has 0 aromatic carbocycles. The second-order valence-corrected chi connectivity index (χ2v) is 4.46. The fraction of sp³-hybridized carbons (Fsp3) is 0.800.